The van der Waals surface area contributed by atoms with Crippen LogP contribution in [0.25, 0.3) is 0 Å². The highest BCUT2D eigenvalue weighted by Gasteiger charge is 1.66. The van der Waals surface area contributed by atoms with Gasteiger partial charge in [-0.25, -0.2) is 0 Å². The average Bonchev–Trinajstić information content (AvgIpc) is 1.66. The van der Waals surface area contributed by atoms with Gasteiger partial charge in [0.05, 0.1) is 0 Å². The van der Waals surface area contributed by atoms with Crippen molar-refractivity contribution in [1.29, 1.82) is 0 Å². The third-order valence-corrected chi connectivity index (χ3v) is 0.622. The van der Waals surface area contributed by atoms with Gasteiger partial charge in [0.1, 0.15) is 0 Å². The van der Waals surface area contributed by atoms with E-state index in [1.807, 2.05) is 26.0 Å². The molecule has 0 aliphatic heterocycles. The molecule has 0 rings (SSSR count). The van der Waals surface area contributed by atoms with E-state index < -0.39 is 0 Å². The molecule has 42 valence electrons. The lowest BCUT2D eigenvalue weighted by molar-refractivity contribution is 1.39. The van der Waals surface area contributed by atoms with Crippen molar-refractivity contribution in [2.45, 2.75) is 13.8 Å². The Labute approximate surface area is 50.9 Å². The summed E-state index contributed by atoms with van der Waals surface area (Å²) in [6.07, 6.45) is 10.5. The molecule has 0 heterocycles. The summed E-state index contributed by atoms with van der Waals surface area (Å²) in [6, 6.07) is 0. The van der Waals surface area contributed by atoms with Gasteiger partial charge >= 0.3 is 0 Å². The molecule has 0 aromatic carbocycles. The van der Waals surface area contributed by atoms with Crippen LogP contribution in [0, 0.1) is 12.3 Å². The molecular weight excluding hydrogens is 96.1 g/mol. The van der Waals surface area contributed by atoms with Crippen LogP contribution < -0.4 is 0 Å². The first-order valence-corrected chi connectivity index (χ1v) is 2.53. The normalized spacial score (nSPS) is 8.62. The fraction of sp³-hybridized carbons (Fsp3) is 0.250. The Kier molecular flexibility index (Phi) is 3.70. The summed E-state index contributed by atoms with van der Waals surface area (Å²) in [5.41, 5.74) is 1.26. The minimum Gasteiger partial charge on any atom is -0.115 e. The molecule has 0 nitrogen and oxygen atoms in total. The van der Waals surface area contributed by atoms with Crippen LogP contribution in [0.15, 0.2) is 23.8 Å². The van der Waals surface area contributed by atoms with Crippen molar-refractivity contribution < 1.29 is 0 Å². The van der Waals surface area contributed by atoms with Gasteiger partial charge in [-0.05, 0) is 19.9 Å². The Hall–Kier alpha value is -0.960. The number of hydrogen-bond acceptors (Lipinski definition) is 0. The summed E-state index contributed by atoms with van der Waals surface area (Å²) >= 11 is 0. The van der Waals surface area contributed by atoms with Crippen LogP contribution in [0.1, 0.15) is 13.8 Å². The maximum Gasteiger partial charge on any atom is -0.0122 e. The van der Waals surface area contributed by atoms with Crippen molar-refractivity contribution in [1.82, 2.24) is 0 Å². The molecule has 0 spiro atoms. The van der Waals surface area contributed by atoms with Crippen LogP contribution in [-0.4, -0.2) is 0 Å². The highest BCUT2D eigenvalue weighted by molar-refractivity contribution is 5.17. The summed E-state index contributed by atoms with van der Waals surface area (Å²) in [5, 5.41) is 0. The fourth-order valence-corrected chi connectivity index (χ4v) is 0.296. The van der Waals surface area contributed by atoms with Gasteiger partial charge in [0.2, 0.25) is 0 Å². The number of terminal acetylenes is 1. The van der Waals surface area contributed by atoms with Crippen molar-refractivity contribution in [3.05, 3.63) is 23.8 Å². The second kappa shape index (κ2) is 4.21. The van der Waals surface area contributed by atoms with E-state index in [1.54, 1.807) is 6.08 Å². The van der Waals surface area contributed by atoms with E-state index in [-0.39, 0.29) is 0 Å². The SMILES string of the molecule is C#C/C=C\C=C(C)C. The molecule has 0 aromatic heterocycles. The van der Waals surface area contributed by atoms with Crippen LogP contribution in [0.4, 0.5) is 0 Å². The first-order chi connectivity index (χ1) is 3.77. The Morgan fingerprint density at radius 1 is 1.50 bits per heavy atom. The minimum absolute atomic E-state index is 1.26. The highest BCUT2D eigenvalue weighted by atomic mass is 13.7. The van der Waals surface area contributed by atoms with Gasteiger partial charge < -0.3 is 0 Å². The van der Waals surface area contributed by atoms with Gasteiger partial charge in [0, 0.05) is 0 Å². The number of allylic oxidation sites excluding steroid dienone is 4. The van der Waals surface area contributed by atoms with Gasteiger partial charge in [-0.15, -0.1) is 6.42 Å². The molecule has 0 bridgehead atoms. The predicted octanol–water partition coefficient (Wildman–Crippen LogP) is 2.14. The van der Waals surface area contributed by atoms with Crippen LogP contribution in [0.2, 0.25) is 0 Å². The predicted molar refractivity (Wildman–Crippen MR) is 37.4 cm³/mol. The molecule has 0 saturated carbocycles. The topological polar surface area (TPSA) is 0 Å². The molecule has 0 saturated heterocycles. The Morgan fingerprint density at radius 3 is 2.50 bits per heavy atom. The van der Waals surface area contributed by atoms with E-state index in [1.165, 1.54) is 5.57 Å². The summed E-state index contributed by atoms with van der Waals surface area (Å²) in [6.45, 7) is 4.06. The van der Waals surface area contributed by atoms with Crippen molar-refractivity contribution in [2.24, 2.45) is 0 Å². The number of hydrogen-bond donors (Lipinski definition) is 0. The molecule has 0 aliphatic rings. The summed E-state index contributed by atoms with van der Waals surface area (Å²) in [7, 11) is 0. The summed E-state index contributed by atoms with van der Waals surface area (Å²) < 4.78 is 0. The van der Waals surface area contributed by atoms with Gasteiger partial charge in [0.25, 0.3) is 0 Å². The monoisotopic (exact) mass is 106 g/mol. The molecule has 0 amide bonds. The molecule has 0 aliphatic carbocycles. The van der Waals surface area contributed by atoms with Crippen molar-refractivity contribution in [2.75, 3.05) is 0 Å². The first kappa shape index (κ1) is 7.04. The molecule has 8 heavy (non-hydrogen) atoms. The smallest absolute Gasteiger partial charge is 0.0122 e. The van der Waals surface area contributed by atoms with Gasteiger partial charge in [-0.1, -0.05) is 23.6 Å². The molecule has 0 unspecified atom stereocenters. The van der Waals surface area contributed by atoms with E-state index in [0.29, 0.717) is 0 Å². The molecular formula is C8H10. The Bertz CT molecular complexity index is 138. The molecule has 0 heteroatoms. The lowest BCUT2D eigenvalue weighted by Crippen LogP contribution is -1.57. The molecule has 0 aromatic rings. The van der Waals surface area contributed by atoms with Crippen LogP contribution in [0.3, 0.4) is 0 Å². The van der Waals surface area contributed by atoms with E-state index >= 15 is 0 Å². The Balaban J connectivity index is 3.63. The second-order valence-corrected chi connectivity index (χ2v) is 1.77. The second-order valence-electron chi connectivity index (χ2n) is 1.77. The van der Waals surface area contributed by atoms with E-state index in [9.17, 15) is 0 Å². The maximum absolute atomic E-state index is 4.95. The first-order valence-electron chi connectivity index (χ1n) is 2.53. The largest absolute Gasteiger partial charge is 0.115 e. The molecule has 0 N–H and O–H groups in total. The van der Waals surface area contributed by atoms with Gasteiger partial charge in [-0.3, -0.25) is 0 Å². The Morgan fingerprint density at radius 2 is 2.12 bits per heavy atom. The van der Waals surface area contributed by atoms with Crippen molar-refractivity contribution in [3.8, 4) is 12.3 Å². The van der Waals surface area contributed by atoms with Gasteiger partial charge in [0.15, 0.2) is 0 Å². The zero-order valence-electron chi connectivity index (χ0n) is 5.31. The summed E-state index contributed by atoms with van der Waals surface area (Å²) in [4.78, 5) is 0. The lowest BCUT2D eigenvalue weighted by atomic mass is 10.3. The molecule has 0 fully saturated rings. The highest BCUT2D eigenvalue weighted by Crippen LogP contribution is 1.87. The zero-order valence-corrected chi connectivity index (χ0v) is 5.31. The molecule has 0 atom stereocenters. The maximum atomic E-state index is 4.95. The van der Waals surface area contributed by atoms with Crippen molar-refractivity contribution in [3.63, 3.8) is 0 Å². The number of rotatable bonds is 1. The van der Waals surface area contributed by atoms with Gasteiger partial charge in [-0.2, -0.15) is 0 Å². The van der Waals surface area contributed by atoms with E-state index in [2.05, 4.69) is 5.92 Å². The zero-order chi connectivity index (χ0) is 6.41. The fourth-order valence-electron chi connectivity index (χ4n) is 0.296. The van der Waals surface area contributed by atoms with E-state index in [4.69, 9.17) is 6.42 Å². The minimum atomic E-state index is 1.26. The van der Waals surface area contributed by atoms with Crippen molar-refractivity contribution >= 4 is 0 Å². The summed E-state index contributed by atoms with van der Waals surface area (Å²) in [5.74, 6) is 2.40. The third kappa shape index (κ3) is 5.04. The standard InChI is InChI=1S/C8H10/c1-4-5-6-7-8(2)3/h1,5-7H,2-3H3/b6-5-. The quantitative estimate of drug-likeness (QED) is 0.355. The average molecular weight is 106 g/mol. The third-order valence-electron chi connectivity index (χ3n) is 0.622. The van der Waals surface area contributed by atoms with E-state index in [0.717, 1.165) is 0 Å². The van der Waals surface area contributed by atoms with Crippen LogP contribution in [-0.2, 0) is 0 Å². The molecule has 0 radical (unpaired) electrons. The van der Waals surface area contributed by atoms with Crippen LogP contribution in [0.5, 0.6) is 0 Å². The van der Waals surface area contributed by atoms with Crippen LogP contribution >= 0.6 is 0 Å². The lowest BCUT2D eigenvalue weighted by Gasteiger charge is -1.77.